The first kappa shape index (κ1) is 22.1. The summed E-state index contributed by atoms with van der Waals surface area (Å²) in [5.74, 6) is 2.46. The van der Waals surface area contributed by atoms with E-state index >= 15 is 0 Å². The summed E-state index contributed by atoms with van der Waals surface area (Å²) in [5, 5.41) is 0. The van der Waals surface area contributed by atoms with Gasteiger partial charge >= 0.3 is 6.03 Å². The zero-order chi connectivity index (χ0) is 21.8. The Morgan fingerprint density at radius 1 is 1.00 bits per heavy atom. The van der Waals surface area contributed by atoms with Crippen LogP contribution in [0.5, 0.6) is 0 Å². The molecule has 2 aliphatic carbocycles. The predicted octanol–water partition coefficient (Wildman–Crippen LogP) is 2.78. The van der Waals surface area contributed by atoms with Crippen molar-refractivity contribution in [2.24, 2.45) is 22.6 Å². The molecule has 0 bridgehead atoms. The van der Waals surface area contributed by atoms with E-state index in [0.29, 0.717) is 38.1 Å². The van der Waals surface area contributed by atoms with Crippen LogP contribution in [0.25, 0.3) is 0 Å². The molecule has 31 heavy (non-hydrogen) atoms. The molecule has 170 valence electrons. The van der Waals surface area contributed by atoms with Gasteiger partial charge in [0, 0.05) is 45.3 Å². The number of nitrogens with zero attached hydrogens (tertiary/aromatic N) is 4. The molecule has 3 unspecified atom stereocenters. The number of hydrogen-bond acceptors (Lipinski definition) is 3. The lowest BCUT2D eigenvalue weighted by molar-refractivity contribution is -0.127. The van der Waals surface area contributed by atoms with Crippen molar-refractivity contribution in [2.45, 2.75) is 57.4 Å². The molecular formula is C24H37N5O2. The van der Waals surface area contributed by atoms with Gasteiger partial charge in [-0.1, -0.05) is 44.8 Å². The quantitative estimate of drug-likeness (QED) is 0.427. The van der Waals surface area contributed by atoms with Crippen LogP contribution in [0.4, 0.5) is 4.79 Å². The molecule has 0 aromatic carbocycles. The molecule has 4 rings (SSSR count). The van der Waals surface area contributed by atoms with E-state index in [1.54, 1.807) is 4.90 Å². The first-order valence-electron chi connectivity index (χ1n) is 12.0. The second-order valence-electron chi connectivity index (χ2n) is 9.47. The Morgan fingerprint density at radius 3 is 2.39 bits per heavy atom. The third-order valence-electron chi connectivity index (χ3n) is 7.82. The average molecular weight is 428 g/mol. The minimum absolute atomic E-state index is 0.0472. The number of primary amides is 1. The molecule has 0 radical (unpaired) electrons. The van der Waals surface area contributed by atoms with Gasteiger partial charge in [-0.25, -0.2) is 4.79 Å². The highest BCUT2D eigenvalue weighted by atomic mass is 16.2. The Morgan fingerprint density at radius 2 is 1.71 bits per heavy atom. The molecule has 0 aromatic rings. The van der Waals surface area contributed by atoms with Crippen molar-refractivity contribution in [3.63, 3.8) is 0 Å². The summed E-state index contributed by atoms with van der Waals surface area (Å²) in [6.07, 6.45) is 14.2. The molecular weight excluding hydrogens is 390 g/mol. The topological polar surface area (TPSA) is 82.2 Å². The molecule has 2 aliphatic heterocycles. The summed E-state index contributed by atoms with van der Waals surface area (Å²) in [6.45, 7) is 8.03. The maximum Gasteiger partial charge on any atom is 0.340 e. The van der Waals surface area contributed by atoms with E-state index in [0.717, 1.165) is 36.9 Å². The molecule has 3 amide bonds. The highest BCUT2D eigenvalue weighted by molar-refractivity contribution is 6.04. The Hall–Kier alpha value is -2.15. The summed E-state index contributed by atoms with van der Waals surface area (Å²) in [4.78, 5) is 34.3. The number of carbonyl (C=O) groups excluding carboxylic acids is 2. The lowest BCUT2D eigenvalue weighted by atomic mass is 9.68. The van der Waals surface area contributed by atoms with Gasteiger partial charge in [0.1, 0.15) is 5.84 Å². The van der Waals surface area contributed by atoms with E-state index in [9.17, 15) is 9.59 Å². The van der Waals surface area contributed by atoms with Gasteiger partial charge in [-0.3, -0.25) is 9.69 Å². The van der Waals surface area contributed by atoms with Crippen molar-refractivity contribution in [2.75, 3.05) is 39.3 Å². The number of amides is 3. The van der Waals surface area contributed by atoms with Crippen LogP contribution in [0, 0.1) is 11.8 Å². The van der Waals surface area contributed by atoms with E-state index in [2.05, 4.69) is 27.4 Å². The molecule has 2 saturated carbocycles. The summed E-state index contributed by atoms with van der Waals surface area (Å²) < 4.78 is 0. The Labute approximate surface area is 186 Å². The first-order valence-corrected chi connectivity index (χ1v) is 12.0. The van der Waals surface area contributed by atoms with Crippen LogP contribution in [0.1, 0.15) is 51.4 Å². The van der Waals surface area contributed by atoms with Gasteiger partial charge < -0.3 is 15.5 Å². The van der Waals surface area contributed by atoms with Crippen LogP contribution in [-0.4, -0.2) is 77.8 Å². The van der Waals surface area contributed by atoms with Gasteiger partial charge in [-0.05, 0) is 42.7 Å². The van der Waals surface area contributed by atoms with Gasteiger partial charge in [-0.2, -0.15) is 4.99 Å². The fraction of sp³-hybridized carbons (Fsp3) is 0.708. The van der Waals surface area contributed by atoms with Crippen LogP contribution < -0.4 is 5.73 Å². The monoisotopic (exact) mass is 427 g/mol. The van der Waals surface area contributed by atoms with Crippen molar-refractivity contribution in [3.8, 4) is 0 Å². The number of fused-ring (bicyclic) bond motifs is 1. The van der Waals surface area contributed by atoms with Crippen molar-refractivity contribution in [1.82, 2.24) is 14.7 Å². The molecule has 2 N–H and O–H groups in total. The third-order valence-corrected chi connectivity index (χ3v) is 7.82. The van der Waals surface area contributed by atoms with Gasteiger partial charge in [0.25, 0.3) is 0 Å². The predicted molar refractivity (Wildman–Crippen MR) is 123 cm³/mol. The first-order chi connectivity index (χ1) is 15.1. The van der Waals surface area contributed by atoms with E-state index in [1.165, 1.54) is 51.0 Å². The van der Waals surface area contributed by atoms with Crippen molar-refractivity contribution in [1.29, 1.82) is 0 Å². The summed E-state index contributed by atoms with van der Waals surface area (Å²) >= 11 is 0. The number of hydrogen-bond donors (Lipinski definition) is 1. The largest absolute Gasteiger partial charge is 0.353 e. The van der Waals surface area contributed by atoms with Crippen LogP contribution >= 0.6 is 0 Å². The Balaban J connectivity index is 1.42. The van der Waals surface area contributed by atoms with Gasteiger partial charge in [0.05, 0.1) is 0 Å². The third kappa shape index (κ3) is 5.03. The van der Waals surface area contributed by atoms with Crippen molar-refractivity contribution in [3.05, 3.63) is 24.3 Å². The molecule has 2 heterocycles. The fourth-order valence-electron chi connectivity index (χ4n) is 6.26. The number of piperazine rings is 1. The second-order valence-corrected chi connectivity index (χ2v) is 9.47. The normalized spacial score (nSPS) is 30.4. The van der Waals surface area contributed by atoms with Crippen LogP contribution in [-0.2, 0) is 4.79 Å². The minimum Gasteiger partial charge on any atom is -0.353 e. The zero-order valence-electron chi connectivity index (χ0n) is 18.7. The number of nitrogens with two attached hydrogens (primary N) is 1. The minimum atomic E-state index is -0.653. The molecule has 0 spiro atoms. The van der Waals surface area contributed by atoms with E-state index in [1.807, 2.05) is 0 Å². The lowest BCUT2D eigenvalue weighted by Gasteiger charge is -2.47. The standard InChI is InChI=1S/C24H37N5O2/c1-2-22(30)28-14-16-29(17-15-28)23(26-24(25)31)19-10-12-27(13-11-19)21-9-5-7-18-6-3-4-8-20(18)21/h2,10,18,20-21H,1,3-9,11-17H2,(H2,25,31). The Bertz CT molecular complexity index is 751. The van der Waals surface area contributed by atoms with Crippen LogP contribution in [0.2, 0.25) is 0 Å². The van der Waals surface area contributed by atoms with Crippen LogP contribution in [0.3, 0.4) is 0 Å². The average Bonchev–Trinajstić information content (AvgIpc) is 2.82. The molecule has 4 aliphatic rings. The maximum atomic E-state index is 11.9. The highest BCUT2D eigenvalue weighted by Crippen LogP contribution is 2.43. The molecule has 7 nitrogen and oxygen atoms in total. The van der Waals surface area contributed by atoms with E-state index in [4.69, 9.17) is 5.73 Å². The summed E-state index contributed by atoms with van der Waals surface area (Å²) in [5.41, 5.74) is 6.57. The number of aliphatic imine (C=N–C) groups is 1. The lowest BCUT2D eigenvalue weighted by Crippen LogP contribution is -2.52. The molecule has 0 aromatic heterocycles. The zero-order valence-corrected chi connectivity index (χ0v) is 18.7. The molecule has 1 saturated heterocycles. The second kappa shape index (κ2) is 9.98. The number of carbonyl (C=O) groups is 2. The van der Waals surface area contributed by atoms with Crippen LogP contribution in [0.15, 0.2) is 29.3 Å². The summed E-state index contributed by atoms with van der Waals surface area (Å²) in [7, 11) is 0. The Kier molecular flexibility index (Phi) is 7.10. The van der Waals surface area contributed by atoms with Gasteiger partial charge in [0.2, 0.25) is 5.91 Å². The fourth-order valence-corrected chi connectivity index (χ4v) is 6.26. The summed E-state index contributed by atoms with van der Waals surface area (Å²) in [6, 6.07) is 0.0575. The number of rotatable bonds is 3. The highest BCUT2D eigenvalue weighted by Gasteiger charge is 2.38. The van der Waals surface area contributed by atoms with E-state index < -0.39 is 6.03 Å². The van der Waals surface area contributed by atoms with Gasteiger partial charge in [0.15, 0.2) is 0 Å². The van der Waals surface area contributed by atoms with Crippen molar-refractivity contribution >= 4 is 17.8 Å². The molecule has 3 fully saturated rings. The van der Waals surface area contributed by atoms with Gasteiger partial charge in [-0.15, -0.1) is 0 Å². The maximum absolute atomic E-state index is 11.9. The number of urea groups is 1. The molecule has 3 atom stereocenters. The van der Waals surface area contributed by atoms with E-state index in [-0.39, 0.29) is 5.91 Å². The SMILES string of the molecule is C=CC(=O)N1CCN(C(=NC(N)=O)C2=CCN(C3CCCC4CCCCC43)CC2)CC1. The number of amidine groups is 1. The van der Waals surface area contributed by atoms with Crippen molar-refractivity contribution < 1.29 is 9.59 Å². The smallest absolute Gasteiger partial charge is 0.340 e. The molecule has 7 heteroatoms.